The van der Waals surface area contributed by atoms with Crippen molar-refractivity contribution in [2.24, 2.45) is 10.3 Å². The zero-order valence-corrected chi connectivity index (χ0v) is 26.7. The van der Waals surface area contributed by atoms with Gasteiger partial charge >= 0.3 is 32.2 Å². The van der Waals surface area contributed by atoms with E-state index in [1.807, 2.05) is 38.1 Å². The first-order valence-electron chi connectivity index (χ1n) is 12.5. The van der Waals surface area contributed by atoms with E-state index in [1.54, 1.807) is 24.3 Å². The summed E-state index contributed by atoms with van der Waals surface area (Å²) in [5.41, 5.74) is 2.02. The monoisotopic (exact) mass is 660 g/mol. The second-order valence-corrected chi connectivity index (χ2v) is 14.2. The van der Waals surface area contributed by atoms with Crippen LogP contribution in [0.1, 0.15) is 36.8 Å². The minimum atomic E-state index is -4.11. The third kappa shape index (κ3) is 13.3. The van der Waals surface area contributed by atoms with Crippen LogP contribution in [0.3, 0.4) is 0 Å². The standard InChI is InChI=1S/C26H32N2O10S4/c1-19-9-13-21(14-10-19)39-23(25(29)35-3)27-37-41(31,32)17-7-5-6-8-18-42(33,34)38-28-24(26(30)36-4)40-22-15-11-20(2)12-16-22/h9-16H,5-8,17-18H2,1-4H3. The molecule has 2 aromatic rings. The molecule has 42 heavy (non-hydrogen) atoms. The average Bonchev–Trinajstić information content (AvgIpc) is 2.96. The highest BCUT2D eigenvalue weighted by atomic mass is 32.2. The number of carbonyl (C=O) groups excluding carboxylic acids is 2. The number of rotatable bonds is 13. The van der Waals surface area contributed by atoms with Gasteiger partial charge in [0.1, 0.15) is 0 Å². The number of benzene rings is 2. The van der Waals surface area contributed by atoms with Crippen LogP contribution in [0.4, 0.5) is 0 Å². The Bertz CT molecular complexity index is 1360. The Hall–Kier alpha value is -3.08. The highest BCUT2D eigenvalue weighted by molar-refractivity contribution is 8.16. The van der Waals surface area contributed by atoms with Crippen LogP contribution >= 0.6 is 23.5 Å². The number of oxime groups is 2. The molecular weight excluding hydrogens is 629 g/mol. The molecule has 0 atom stereocenters. The summed E-state index contributed by atoms with van der Waals surface area (Å²) in [6.45, 7) is 3.80. The molecule has 0 spiro atoms. The number of thioether (sulfide) groups is 2. The van der Waals surface area contributed by atoms with E-state index in [9.17, 15) is 26.4 Å². The molecule has 0 bridgehead atoms. The van der Waals surface area contributed by atoms with Gasteiger partial charge in [-0.3, -0.25) is 8.57 Å². The molecule has 2 rings (SSSR count). The number of hydrogen-bond acceptors (Lipinski definition) is 14. The fourth-order valence-corrected chi connectivity index (χ4v) is 6.18. The maximum absolute atomic E-state index is 12.3. The first-order chi connectivity index (χ1) is 19.8. The Morgan fingerprint density at radius 1 is 0.619 bits per heavy atom. The summed E-state index contributed by atoms with van der Waals surface area (Å²) in [5, 5.41) is 6.40. The number of carbonyl (C=O) groups is 2. The van der Waals surface area contributed by atoms with E-state index in [2.05, 4.69) is 28.4 Å². The lowest BCUT2D eigenvalue weighted by molar-refractivity contribution is -0.133. The number of unbranched alkanes of at least 4 members (excludes halogenated alkanes) is 3. The lowest BCUT2D eigenvalue weighted by atomic mass is 10.2. The fourth-order valence-electron chi connectivity index (χ4n) is 2.97. The van der Waals surface area contributed by atoms with Crippen LogP contribution in [-0.2, 0) is 47.9 Å². The minimum Gasteiger partial charge on any atom is -0.464 e. The molecule has 2 aromatic carbocycles. The highest BCUT2D eigenvalue weighted by Gasteiger charge is 2.20. The molecule has 12 nitrogen and oxygen atoms in total. The van der Waals surface area contributed by atoms with Crippen molar-refractivity contribution in [3.8, 4) is 0 Å². The van der Waals surface area contributed by atoms with E-state index in [4.69, 9.17) is 0 Å². The molecule has 0 aliphatic carbocycles. The number of ether oxygens (including phenoxy) is 2. The van der Waals surface area contributed by atoms with Gasteiger partial charge in [0.2, 0.25) is 10.1 Å². The second kappa shape index (κ2) is 17.1. The van der Waals surface area contributed by atoms with E-state index in [-0.39, 0.29) is 22.9 Å². The molecule has 0 unspecified atom stereocenters. The van der Waals surface area contributed by atoms with Crippen molar-refractivity contribution in [1.29, 1.82) is 0 Å². The Kier molecular flexibility index (Phi) is 14.3. The third-order valence-corrected chi connectivity index (χ3v) is 9.26. The largest absolute Gasteiger partial charge is 0.464 e. The molecule has 0 amide bonds. The number of esters is 2. The smallest absolute Gasteiger partial charge is 0.367 e. The molecule has 0 aliphatic heterocycles. The summed E-state index contributed by atoms with van der Waals surface area (Å²) in [7, 11) is -5.93. The van der Waals surface area contributed by atoms with E-state index < -0.39 is 43.7 Å². The molecule has 0 aromatic heterocycles. The van der Waals surface area contributed by atoms with Gasteiger partial charge in [-0.05, 0) is 51.0 Å². The molecular formula is C26H32N2O10S4. The van der Waals surface area contributed by atoms with Crippen molar-refractivity contribution in [1.82, 2.24) is 0 Å². The predicted molar refractivity (Wildman–Crippen MR) is 161 cm³/mol. The zero-order valence-electron chi connectivity index (χ0n) is 23.5. The maximum atomic E-state index is 12.3. The van der Waals surface area contributed by atoms with E-state index in [0.29, 0.717) is 22.6 Å². The summed E-state index contributed by atoms with van der Waals surface area (Å²) in [4.78, 5) is 25.3. The van der Waals surface area contributed by atoms with Gasteiger partial charge in [-0.15, -0.1) is 0 Å². The molecule has 230 valence electrons. The van der Waals surface area contributed by atoms with Crippen molar-refractivity contribution < 1.29 is 44.5 Å². The molecule has 0 aliphatic rings. The van der Waals surface area contributed by atoms with Crippen LogP contribution in [0.15, 0.2) is 68.6 Å². The van der Waals surface area contributed by atoms with Crippen LogP contribution in [0.25, 0.3) is 0 Å². The van der Waals surface area contributed by atoms with Crippen LogP contribution in [0.5, 0.6) is 0 Å². The fraction of sp³-hybridized carbons (Fsp3) is 0.385. The number of nitrogens with zero attached hydrogens (tertiary/aromatic N) is 2. The summed E-state index contributed by atoms with van der Waals surface area (Å²) >= 11 is 1.80. The van der Waals surface area contributed by atoms with E-state index >= 15 is 0 Å². The van der Waals surface area contributed by atoms with Crippen LogP contribution in [0, 0.1) is 13.8 Å². The number of aryl methyl sites for hydroxylation is 2. The topological polar surface area (TPSA) is 164 Å². The highest BCUT2D eigenvalue weighted by Crippen LogP contribution is 2.23. The normalized spacial score (nSPS) is 12.5. The SMILES string of the molecule is COC(=O)C(=NOS(=O)(=O)CCCCCCS(=O)(=O)ON=C(Sc1ccc(C)cc1)C(=O)OC)Sc1ccc(C)cc1. The Morgan fingerprint density at radius 2 is 0.952 bits per heavy atom. The predicted octanol–water partition coefficient (Wildman–Crippen LogP) is 4.41. The molecule has 0 fully saturated rings. The van der Waals surface area contributed by atoms with Crippen LogP contribution in [0.2, 0.25) is 0 Å². The number of methoxy groups -OCH3 is 2. The lowest BCUT2D eigenvalue weighted by Gasteiger charge is -2.06. The van der Waals surface area contributed by atoms with Crippen molar-refractivity contribution in [2.75, 3.05) is 25.7 Å². The average molecular weight is 661 g/mol. The molecule has 0 saturated heterocycles. The first-order valence-corrected chi connectivity index (χ1v) is 17.3. The van der Waals surface area contributed by atoms with Gasteiger partial charge in [-0.25, -0.2) is 9.59 Å². The summed E-state index contributed by atoms with van der Waals surface area (Å²) < 4.78 is 67.6. The van der Waals surface area contributed by atoms with E-state index in [1.165, 1.54) is 0 Å². The maximum Gasteiger partial charge on any atom is 0.367 e. The Balaban J connectivity index is 1.82. The lowest BCUT2D eigenvalue weighted by Crippen LogP contribution is -2.15. The zero-order chi connectivity index (χ0) is 31.2. The van der Waals surface area contributed by atoms with Gasteiger partial charge < -0.3 is 9.47 Å². The van der Waals surface area contributed by atoms with Gasteiger partial charge in [-0.1, -0.05) is 82.1 Å². The van der Waals surface area contributed by atoms with Crippen LogP contribution < -0.4 is 0 Å². The summed E-state index contributed by atoms with van der Waals surface area (Å²) in [5.74, 6) is -2.49. The van der Waals surface area contributed by atoms with Gasteiger partial charge in [-0.2, -0.15) is 16.8 Å². The van der Waals surface area contributed by atoms with Crippen molar-refractivity contribution in [3.05, 3.63) is 59.7 Å². The quantitative estimate of drug-likeness (QED) is 0.0743. The number of hydrogen-bond donors (Lipinski definition) is 0. The second-order valence-electron chi connectivity index (χ2n) is 8.69. The third-order valence-electron chi connectivity index (χ3n) is 5.20. The molecule has 0 saturated carbocycles. The van der Waals surface area contributed by atoms with Gasteiger partial charge in [0.05, 0.1) is 25.7 Å². The Morgan fingerprint density at radius 3 is 1.26 bits per heavy atom. The van der Waals surface area contributed by atoms with Crippen molar-refractivity contribution >= 4 is 65.8 Å². The van der Waals surface area contributed by atoms with Gasteiger partial charge in [0.15, 0.2) is 0 Å². The van der Waals surface area contributed by atoms with Crippen LogP contribution in [-0.4, -0.2) is 64.6 Å². The molecule has 0 N–H and O–H groups in total. The van der Waals surface area contributed by atoms with E-state index in [0.717, 1.165) is 48.9 Å². The van der Waals surface area contributed by atoms with Crippen molar-refractivity contribution in [2.45, 2.75) is 49.3 Å². The van der Waals surface area contributed by atoms with Gasteiger partial charge in [0.25, 0.3) is 0 Å². The first kappa shape index (κ1) is 35.1. The Labute approximate surface area is 254 Å². The summed E-state index contributed by atoms with van der Waals surface area (Å²) in [6.07, 6.45) is 1.05. The molecule has 0 heterocycles. The van der Waals surface area contributed by atoms with Gasteiger partial charge in [0, 0.05) is 9.79 Å². The molecule has 0 radical (unpaired) electrons. The molecule has 16 heteroatoms. The summed E-state index contributed by atoms with van der Waals surface area (Å²) in [6, 6.07) is 14.3. The van der Waals surface area contributed by atoms with Crippen molar-refractivity contribution in [3.63, 3.8) is 0 Å². The minimum absolute atomic E-state index is 0.162.